The zero-order valence-corrected chi connectivity index (χ0v) is 10.9. The maximum atomic E-state index is 12.0. The Balaban J connectivity index is 1.63. The molecular weight excluding hydrogens is 246 g/mol. The number of aromatic nitrogens is 3. The summed E-state index contributed by atoms with van der Waals surface area (Å²) in [6.45, 7) is 2.70. The molecule has 7 heteroatoms. The first-order chi connectivity index (χ1) is 9.20. The minimum Gasteiger partial charge on any atom is -0.376 e. The van der Waals surface area contributed by atoms with Crippen LogP contribution in [0.15, 0.2) is 0 Å². The maximum Gasteiger partial charge on any atom is 0.291 e. The molecule has 1 amide bonds. The molecule has 1 aliphatic heterocycles. The van der Waals surface area contributed by atoms with Crippen molar-refractivity contribution in [3.05, 3.63) is 11.6 Å². The van der Waals surface area contributed by atoms with Gasteiger partial charge in [-0.15, -0.1) is 5.10 Å². The molecule has 7 nitrogen and oxygen atoms in total. The van der Waals surface area contributed by atoms with Crippen molar-refractivity contribution in [2.75, 3.05) is 6.61 Å². The maximum absolute atomic E-state index is 12.0. The van der Waals surface area contributed by atoms with Crippen LogP contribution in [-0.2, 0) is 11.2 Å². The van der Waals surface area contributed by atoms with E-state index in [-0.39, 0.29) is 29.9 Å². The van der Waals surface area contributed by atoms with Crippen LogP contribution in [0.1, 0.15) is 36.2 Å². The molecule has 4 unspecified atom stereocenters. The largest absolute Gasteiger partial charge is 0.376 e. The Morgan fingerprint density at radius 2 is 2.47 bits per heavy atom. The fourth-order valence-corrected chi connectivity index (χ4v) is 2.90. The normalized spacial score (nSPS) is 33.4. The van der Waals surface area contributed by atoms with Gasteiger partial charge in [-0.1, -0.05) is 6.92 Å². The lowest BCUT2D eigenvalue weighted by molar-refractivity contribution is -0.117. The number of ether oxygens (including phenoxy) is 1. The number of nitrogens with one attached hydrogen (secondary N) is 2. The summed E-state index contributed by atoms with van der Waals surface area (Å²) in [5.74, 6) is 0.958. The molecule has 2 fully saturated rings. The zero-order chi connectivity index (χ0) is 13.4. The van der Waals surface area contributed by atoms with Gasteiger partial charge in [-0.2, -0.15) is 0 Å². The number of carbonyl (C=O) groups is 1. The second-order valence-electron chi connectivity index (χ2n) is 5.18. The van der Waals surface area contributed by atoms with Gasteiger partial charge in [0.1, 0.15) is 5.82 Å². The van der Waals surface area contributed by atoms with Crippen molar-refractivity contribution in [1.82, 2.24) is 20.5 Å². The first-order valence-corrected chi connectivity index (χ1v) is 6.80. The van der Waals surface area contributed by atoms with Gasteiger partial charge in [0.15, 0.2) is 0 Å². The van der Waals surface area contributed by atoms with E-state index in [9.17, 15) is 4.79 Å². The molecule has 1 aromatic rings. The Bertz CT molecular complexity index is 474. The highest BCUT2D eigenvalue weighted by atomic mass is 16.5. The number of rotatable bonds is 3. The van der Waals surface area contributed by atoms with E-state index >= 15 is 0 Å². The van der Waals surface area contributed by atoms with E-state index < -0.39 is 0 Å². The molecule has 0 spiro atoms. The standard InChI is InChI=1S/C12H19N5O2/c1-2-7-14-11(17-16-7)12(18)15-9-8(13)6-4-3-5-19-10(6)9/h6,8-10H,2-5,13H2,1H3,(H,15,18)(H,14,16,17). The number of aromatic amines is 1. The molecule has 3 rings (SSSR count). The molecule has 0 aromatic carbocycles. The number of nitrogens with zero attached hydrogens (tertiary/aromatic N) is 2. The number of amides is 1. The van der Waals surface area contributed by atoms with Crippen molar-refractivity contribution in [3.63, 3.8) is 0 Å². The van der Waals surface area contributed by atoms with Crippen molar-refractivity contribution in [2.45, 2.75) is 44.4 Å². The summed E-state index contributed by atoms with van der Waals surface area (Å²) in [4.78, 5) is 16.1. The molecule has 1 aliphatic carbocycles. The molecular formula is C12H19N5O2. The van der Waals surface area contributed by atoms with Crippen LogP contribution in [-0.4, -0.2) is 45.9 Å². The Morgan fingerprint density at radius 1 is 1.63 bits per heavy atom. The number of H-pyrrole nitrogens is 1. The molecule has 4 N–H and O–H groups in total. The smallest absolute Gasteiger partial charge is 0.291 e. The van der Waals surface area contributed by atoms with Gasteiger partial charge in [-0.25, -0.2) is 4.98 Å². The van der Waals surface area contributed by atoms with E-state index in [4.69, 9.17) is 10.5 Å². The summed E-state index contributed by atoms with van der Waals surface area (Å²) in [6.07, 6.45) is 2.91. The third-order valence-corrected chi connectivity index (χ3v) is 4.04. The van der Waals surface area contributed by atoms with Crippen LogP contribution < -0.4 is 11.1 Å². The van der Waals surface area contributed by atoms with Crippen LogP contribution >= 0.6 is 0 Å². The second kappa shape index (κ2) is 4.90. The van der Waals surface area contributed by atoms with Crippen LogP contribution in [0.3, 0.4) is 0 Å². The average molecular weight is 265 g/mol. The van der Waals surface area contributed by atoms with Crippen molar-refractivity contribution in [1.29, 1.82) is 0 Å². The molecule has 104 valence electrons. The van der Waals surface area contributed by atoms with E-state index in [0.29, 0.717) is 11.7 Å². The Kier molecular flexibility index (Phi) is 3.24. The minimum absolute atomic E-state index is 0.0289. The first kappa shape index (κ1) is 12.6. The Hall–Kier alpha value is -1.47. The van der Waals surface area contributed by atoms with Crippen LogP contribution in [0.4, 0.5) is 0 Å². The van der Waals surface area contributed by atoms with Crippen molar-refractivity contribution < 1.29 is 9.53 Å². The quantitative estimate of drug-likeness (QED) is 0.689. The second-order valence-corrected chi connectivity index (χ2v) is 5.18. The van der Waals surface area contributed by atoms with Crippen molar-refractivity contribution in [2.24, 2.45) is 11.7 Å². The van der Waals surface area contributed by atoms with Crippen LogP contribution in [0, 0.1) is 5.92 Å². The van der Waals surface area contributed by atoms with Gasteiger partial charge in [0.2, 0.25) is 5.82 Å². The number of fused-ring (bicyclic) bond motifs is 1. The van der Waals surface area contributed by atoms with E-state index in [2.05, 4.69) is 20.5 Å². The number of hydrogen-bond acceptors (Lipinski definition) is 5. The molecule has 0 bridgehead atoms. The summed E-state index contributed by atoms with van der Waals surface area (Å²) >= 11 is 0. The highest BCUT2D eigenvalue weighted by Crippen LogP contribution is 2.36. The summed E-state index contributed by atoms with van der Waals surface area (Å²) in [6, 6.07) is -0.153. The molecule has 1 saturated heterocycles. The van der Waals surface area contributed by atoms with E-state index in [1.54, 1.807) is 0 Å². The lowest BCUT2D eigenvalue weighted by Crippen LogP contribution is -2.72. The third-order valence-electron chi connectivity index (χ3n) is 4.04. The number of aryl methyl sites for hydroxylation is 1. The molecule has 2 heterocycles. The number of carbonyl (C=O) groups excluding carboxylic acids is 1. The molecule has 1 aromatic heterocycles. The van der Waals surface area contributed by atoms with Crippen molar-refractivity contribution >= 4 is 5.91 Å². The van der Waals surface area contributed by atoms with Gasteiger partial charge in [-0.05, 0) is 12.8 Å². The predicted octanol–water partition coefficient (Wildman–Crippen LogP) is -0.398. The third kappa shape index (κ3) is 2.12. The van der Waals surface area contributed by atoms with Crippen LogP contribution in [0.5, 0.6) is 0 Å². The molecule has 2 aliphatic rings. The summed E-state index contributed by atoms with van der Waals surface area (Å²) < 4.78 is 5.68. The molecule has 4 atom stereocenters. The number of hydrogen-bond donors (Lipinski definition) is 3. The lowest BCUT2D eigenvalue weighted by Gasteiger charge is -2.52. The molecule has 0 radical (unpaired) electrons. The van der Waals surface area contributed by atoms with E-state index in [0.717, 1.165) is 25.9 Å². The summed E-state index contributed by atoms with van der Waals surface area (Å²) in [5.41, 5.74) is 6.09. The number of nitrogens with two attached hydrogens (primary N) is 1. The average Bonchev–Trinajstić information content (AvgIpc) is 2.93. The molecule has 1 saturated carbocycles. The summed E-state index contributed by atoms with van der Waals surface area (Å²) in [7, 11) is 0. The fourth-order valence-electron chi connectivity index (χ4n) is 2.90. The highest BCUT2D eigenvalue weighted by Gasteiger charge is 2.51. The minimum atomic E-state index is -0.288. The zero-order valence-electron chi connectivity index (χ0n) is 10.9. The van der Waals surface area contributed by atoms with Crippen molar-refractivity contribution in [3.8, 4) is 0 Å². The van der Waals surface area contributed by atoms with Crippen LogP contribution in [0.2, 0.25) is 0 Å². The van der Waals surface area contributed by atoms with Crippen LogP contribution in [0.25, 0.3) is 0 Å². The Labute approximate surface area is 111 Å². The predicted molar refractivity (Wildman–Crippen MR) is 67.5 cm³/mol. The van der Waals surface area contributed by atoms with E-state index in [1.165, 1.54) is 0 Å². The van der Waals surface area contributed by atoms with E-state index in [1.807, 2.05) is 6.92 Å². The topological polar surface area (TPSA) is 106 Å². The fraction of sp³-hybridized carbons (Fsp3) is 0.750. The lowest BCUT2D eigenvalue weighted by atomic mass is 9.68. The van der Waals surface area contributed by atoms with Gasteiger partial charge in [0.05, 0.1) is 12.1 Å². The van der Waals surface area contributed by atoms with Gasteiger partial charge in [0, 0.05) is 25.0 Å². The monoisotopic (exact) mass is 265 g/mol. The van der Waals surface area contributed by atoms with Gasteiger partial charge in [0.25, 0.3) is 5.91 Å². The highest BCUT2D eigenvalue weighted by molar-refractivity contribution is 5.90. The van der Waals surface area contributed by atoms with Gasteiger partial charge >= 0.3 is 0 Å². The van der Waals surface area contributed by atoms with Gasteiger partial charge < -0.3 is 15.8 Å². The SMILES string of the molecule is CCc1nc(C(=O)NC2C(N)C3CCCOC32)n[nH]1. The first-order valence-electron chi connectivity index (χ1n) is 6.80. The summed E-state index contributed by atoms with van der Waals surface area (Å²) in [5, 5.41) is 9.51. The van der Waals surface area contributed by atoms with Gasteiger partial charge in [-0.3, -0.25) is 9.89 Å². The molecule has 19 heavy (non-hydrogen) atoms. The Morgan fingerprint density at radius 3 is 3.21 bits per heavy atom.